The highest BCUT2D eigenvalue weighted by Gasteiger charge is 2.21. The minimum atomic E-state index is 0.0940. The van der Waals surface area contributed by atoms with Crippen LogP contribution in [0.25, 0.3) is 0 Å². The quantitative estimate of drug-likeness (QED) is 0.634. The number of nitrogens with zero attached hydrogens (tertiary/aromatic N) is 1. The van der Waals surface area contributed by atoms with Crippen molar-refractivity contribution in [3.05, 3.63) is 58.6 Å². The summed E-state index contributed by atoms with van der Waals surface area (Å²) in [5.41, 5.74) is 0.694. The molecule has 1 fully saturated rings. The smallest absolute Gasteiger partial charge is 0.253 e. The molecule has 1 amide bonds. The lowest BCUT2D eigenvalue weighted by Gasteiger charge is -2.30. The number of halogens is 1. The van der Waals surface area contributed by atoms with Gasteiger partial charge in [0.05, 0.1) is 4.47 Å². The molecule has 1 heterocycles. The largest absolute Gasteiger partial charge is 0.490 e. The molecule has 5 heteroatoms. The number of piperidine rings is 1. The van der Waals surface area contributed by atoms with Crippen molar-refractivity contribution in [2.45, 2.75) is 19.8 Å². The van der Waals surface area contributed by atoms with Crippen molar-refractivity contribution in [2.24, 2.45) is 5.92 Å². The number of para-hydroxylation sites is 1. The summed E-state index contributed by atoms with van der Waals surface area (Å²) in [7, 11) is 0. The van der Waals surface area contributed by atoms with E-state index < -0.39 is 0 Å². The Kier molecular flexibility index (Phi) is 6.56. The maximum Gasteiger partial charge on any atom is 0.253 e. The number of carbonyl (C=O) groups excluding carboxylic acids is 1. The summed E-state index contributed by atoms with van der Waals surface area (Å²) in [6.45, 7) is 4.82. The zero-order valence-corrected chi connectivity index (χ0v) is 16.6. The van der Waals surface area contributed by atoms with Crippen LogP contribution < -0.4 is 9.47 Å². The van der Waals surface area contributed by atoms with E-state index in [9.17, 15) is 4.79 Å². The van der Waals surface area contributed by atoms with Gasteiger partial charge in [0.25, 0.3) is 5.91 Å². The Morgan fingerprint density at radius 2 is 1.77 bits per heavy atom. The van der Waals surface area contributed by atoms with E-state index >= 15 is 0 Å². The van der Waals surface area contributed by atoms with E-state index in [1.807, 2.05) is 53.4 Å². The Morgan fingerprint density at radius 3 is 2.46 bits per heavy atom. The Hall–Kier alpha value is -2.01. The fourth-order valence-electron chi connectivity index (χ4n) is 2.97. The third kappa shape index (κ3) is 5.01. The Balaban J connectivity index is 1.51. The van der Waals surface area contributed by atoms with Crippen LogP contribution in [0.5, 0.6) is 11.5 Å². The third-order valence-corrected chi connectivity index (χ3v) is 5.22. The summed E-state index contributed by atoms with van der Waals surface area (Å²) in [4.78, 5) is 14.6. The molecule has 26 heavy (non-hydrogen) atoms. The molecule has 0 saturated carbocycles. The number of carbonyl (C=O) groups is 1. The first-order valence-corrected chi connectivity index (χ1v) is 9.82. The predicted octanol–water partition coefficient (Wildman–Crippen LogP) is 4.78. The maximum absolute atomic E-state index is 12.6. The van der Waals surface area contributed by atoms with Gasteiger partial charge in [-0.2, -0.15) is 0 Å². The average molecular weight is 418 g/mol. The fourth-order valence-corrected chi connectivity index (χ4v) is 3.47. The van der Waals surface area contributed by atoms with E-state index in [2.05, 4.69) is 22.9 Å². The summed E-state index contributed by atoms with van der Waals surface area (Å²) in [6.07, 6.45) is 2.16. The van der Waals surface area contributed by atoms with Crippen molar-refractivity contribution in [2.75, 3.05) is 26.3 Å². The van der Waals surface area contributed by atoms with Gasteiger partial charge in [-0.05, 0) is 65.0 Å². The summed E-state index contributed by atoms with van der Waals surface area (Å²) in [5.74, 6) is 2.34. The maximum atomic E-state index is 12.6. The van der Waals surface area contributed by atoms with Gasteiger partial charge in [0.15, 0.2) is 0 Å². The molecule has 0 aromatic heterocycles. The molecule has 2 aromatic carbocycles. The van der Waals surface area contributed by atoms with Crippen molar-refractivity contribution in [1.82, 2.24) is 4.90 Å². The van der Waals surface area contributed by atoms with Gasteiger partial charge in [0.2, 0.25) is 0 Å². The molecule has 0 radical (unpaired) electrons. The molecule has 0 bridgehead atoms. The van der Waals surface area contributed by atoms with Crippen LogP contribution in [0.1, 0.15) is 30.1 Å². The summed E-state index contributed by atoms with van der Waals surface area (Å²) in [6, 6.07) is 15.2. The number of benzene rings is 2. The van der Waals surface area contributed by atoms with Crippen LogP contribution >= 0.6 is 15.9 Å². The standard InChI is InChI=1S/C21H24BrNO3/c1-16-9-11-23(12-10-16)21(24)17-7-8-20(19(22)15-17)26-14-13-25-18-5-3-2-4-6-18/h2-8,15-16H,9-14H2,1H3. The molecule has 0 N–H and O–H groups in total. The molecule has 0 unspecified atom stereocenters. The normalized spacial score (nSPS) is 14.9. The van der Waals surface area contributed by atoms with Crippen molar-refractivity contribution < 1.29 is 14.3 Å². The van der Waals surface area contributed by atoms with Crippen LogP contribution in [0, 0.1) is 5.92 Å². The number of rotatable bonds is 6. The van der Waals surface area contributed by atoms with E-state index in [0.717, 1.165) is 36.2 Å². The van der Waals surface area contributed by atoms with Crippen LogP contribution in [0.3, 0.4) is 0 Å². The molecular formula is C21H24BrNO3. The van der Waals surface area contributed by atoms with Crippen LogP contribution in [-0.4, -0.2) is 37.1 Å². The molecule has 1 saturated heterocycles. The first kappa shape index (κ1) is 18.8. The number of hydrogen-bond acceptors (Lipinski definition) is 3. The first-order chi connectivity index (χ1) is 12.6. The van der Waals surface area contributed by atoms with Crippen molar-refractivity contribution >= 4 is 21.8 Å². The van der Waals surface area contributed by atoms with Crippen molar-refractivity contribution in [3.8, 4) is 11.5 Å². The SMILES string of the molecule is CC1CCN(C(=O)c2ccc(OCCOc3ccccc3)c(Br)c2)CC1. The lowest BCUT2D eigenvalue weighted by atomic mass is 9.98. The first-order valence-electron chi connectivity index (χ1n) is 9.03. The minimum absolute atomic E-state index is 0.0940. The van der Waals surface area contributed by atoms with Crippen LogP contribution in [0.2, 0.25) is 0 Å². The molecule has 0 aliphatic carbocycles. The number of amides is 1. The zero-order valence-electron chi connectivity index (χ0n) is 15.0. The molecule has 3 rings (SSSR count). The van der Waals surface area contributed by atoms with Gasteiger partial charge in [0.1, 0.15) is 24.7 Å². The predicted molar refractivity (Wildman–Crippen MR) is 106 cm³/mol. The Bertz CT molecular complexity index is 727. The molecule has 0 spiro atoms. The highest BCUT2D eigenvalue weighted by molar-refractivity contribution is 9.10. The lowest BCUT2D eigenvalue weighted by Crippen LogP contribution is -2.37. The highest BCUT2D eigenvalue weighted by atomic mass is 79.9. The topological polar surface area (TPSA) is 38.8 Å². The lowest BCUT2D eigenvalue weighted by molar-refractivity contribution is 0.0697. The second kappa shape index (κ2) is 9.08. The second-order valence-corrected chi connectivity index (χ2v) is 7.48. The molecular weight excluding hydrogens is 394 g/mol. The Morgan fingerprint density at radius 1 is 1.08 bits per heavy atom. The number of ether oxygens (including phenoxy) is 2. The monoisotopic (exact) mass is 417 g/mol. The highest BCUT2D eigenvalue weighted by Crippen LogP contribution is 2.27. The van der Waals surface area contributed by atoms with Gasteiger partial charge in [-0.25, -0.2) is 0 Å². The van der Waals surface area contributed by atoms with Crippen molar-refractivity contribution in [3.63, 3.8) is 0 Å². The molecule has 1 aliphatic heterocycles. The minimum Gasteiger partial charge on any atom is -0.490 e. The summed E-state index contributed by atoms with van der Waals surface area (Å²) < 4.78 is 12.2. The number of likely N-dealkylation sites (tertiary alicyclic amines) is 1. The van der Waals surface area contributed by atoms with Gasteiger partial charge in [-0.1, -0.05) is 25.1 Å². The van der Waals surface area contributed by atoms with Gasteiger partial charge < -0.3 is 14.4 Å². The zero-order chi connectivity index (χ0) is 18.4. The van der Waals surface area contributed by atoms with Crippen LogP contribution in [-0.2, 0) is 0 Å². The summed E-state index contributed by atoms with van der Waals surface area (Å²) >= 11 is 3.51. The van der Waals surface area contributed by atoms with Crippen molar-refractivity contribution in [1.29, 1.82) is 0 Å². The van der Waals surface area contributed by atoms with Gasteiger partial charge in [-0.3, -0.25) is 4.79 Å². The Labute approximate surface area is 163 Å². The van der Waals surface area contributed by atoms with Gasteiger partial charge >= 0.3 is 0 Å². The summed E-state index contributed by atoms with van der Waals surface area (Å²) in [5, 5.41) is 0. The second-order valence-electron chi connectivity index (χ2n) is 6.63. The fraction of sp³-hybridized carbons (Fsp3) is 0.381. The molecule has 2 aromatic rings. The molecule has 4 nitrogen and oxygen atoms in total. The van der Waals surface area contributed by atoms with Crippen LogP contribution in [0.4, 0.5) is 0 Å². The van der Waals surface area contributed by atoms with Crippen LogP contribution in [0.15, 0.2) is 53.0 Å². The molecule has 0 atom stereocenters. The number of hydrogen-bond donors (Lipinski definition) is 0. The third-order valence-electron chi connectivity index (χ3n) is 4.60. The van der Waals surface area contributed by atoms with Gasteiger partial charge in [0, 0.05) is 18.7 Å². The van der Waals surface area contributed by atoms with E-state index in [-0.39, 0.29) is 5.91 Å². The molecule has 1 aliphatic rings. The van der Waals surface area contributed by atoms with E-state index in [0.29, 0.717) is 30.4 Å². The molecule has 138 valence electrons. The van der Waals surface area contributed by atoms with E-state index in [1.165, 1.54) is 0 Å². The van der Waals surface area contributed by atoms with E-state index in [1.54, 1.807) is 0 Å². The average Bonchev–Trinajstić information content (AvgIpc) is 2.67. The van der Waals surface area contributed by atoms with E-state index in [4.69, 9.17) is 9.47 Å². The van der Waals surface area contributed by atoms with Gasteiger partial charge in [-0.15, -0.1) is 0 Å².